The molecule has 0 spiro atoms. The number of hydrogen-bond donors (Lipinski definition) is 0. The van der Waals surface area contributed by atoms with E-state index >= 15 is 8.78 Å². The van der Waals surface area contributed by atoms with Crippen LogP contribution in [0, 0.1) is 17.6 Å². The second-order valence-corrected chi connectivity index (χ2v) is 11.0. The highest BCUT2D eigenvalue weighted by Gasteiger charge is 2.31. The van der Waals surface area contributed by atoms with Gasteiger partial charge < -0.3 is 9.47 Å². The van der Waals surface area contributed by atoms with E-state index in [1.165, 1.54) is 56.1 Å². The average molecular weight is 499 g/mol. The molecule has 2 fully saturated rings. The Hall–Kier alpha value is -1.78. The van der Waals surface area contributed by atoms with Crippen molar-refractivity contribution in [2.45, 2.75) is 109 Å². The lowest BCUT2D eigenvalue weighted by Gasteiger charge is -2.31. The Balaban J connectivity index is 1.30. The summed E-state index contributed by atoms with van der Waals surface area (Å²) in [6, 6.07) is 12.1. The molecule has 0 atom stereocenters. The minimum absolute atomic E-state index is 0.102. The first-order valence-corrected chi connectivity index (χ1v) is 14.4. The summed E-state index contributed by atoms with van der Waals surface area (Å²) in [7, 11) is 0. The van der Waals surface area contributed by atoms with Crippen LogP contribution in [0.3, 0.4) is 0 Å². The van der Waals surface area contributed by atoms with Crippen molar-refractivity contribution in [1.82, 2.24) is 0 Å². The van der Waals surface area contributed by atoms with Gasteiger partial charge in [0.1, 0.15) is 0 Å². The Morgan fingerprint density at radius 3 is 1.97 bits per heavy atom. The van der Waals surface area contributed by atoms with Crippen LogP contribution >= 0.6 is 0 Å². The smallest absolute Gasteiger partial charge is 0.186 e. The van der Waals surface area contributed by atoms with E-state index in [4.69, 9.17) is 9.47 Å². The number of hydrogen-bond acceptors (Lipinski definition) is 2. The lowest BCUT2D eigenvalue weighted by Crippen LogP contribution is -2.26. The molecule has 2 aliphatic rings. The molecule has 36 heavy (non-hydrogen) atoms. The second kappa shape index (κ2) is 13.7. The molecule has 2 aromatic rings. The zero-order chi connectivity index (χ0) is 25.3. The highest BCUT2D eigenvalue weighted by atomic mass is 19.2. The molecule has 1 aliphatic carbocycles. The summed E-state index contributed by atoms with van der Waals surface area (Å²) in [6.07, 6.45) is 13.2. The van der Waals surface area contributed by atoms with Crippen molar-refractivity contribution in [2.75, 3.05) is 13.2 Å². The van der Waals surface area contributed by atoms with Crippen LogP contribution in [0.25, 0.3) is 0 Å². The van der Waals surface area contributed by atoms with Crippen molar-refractivity contribution in [3.05, 3.63) is 70.3 Å². The summed E-state index contributed by atoms with van der Waals surface area (Å²) >= 11 is 0. The van der Waals surface area contributed by atoms with Crippen molar-refractivity contribution in [3.63, 3.8) is 0 Å². The molecule has 0 N–H and O–H groups in total. The minimum Gasteiger partial charge on any atom is -0.348 e. The molecule has 4 rings (SSSR count). The topological polar surface area (TPSA) is 18.5 Å². The van der Waals surface area contributed by atoms with Gasteiger partial charge in [0.05, 0.1) is 13.2 Å². The van der Waals surface area contributed by atoms with Crippen LogP contribution in [0.5, 0.6) is 0 Å². The zero-order valence-electron chi connectivity index (χ0n) is 22.2. The van der Waals surface area contributed by atoms with E-state index in [1.54, 1.807) is 12.1 Å². The summed E-state index contributed by atoms with van der Waals surface area (Å²) in [6.45, 7) is 5.32. The fourth-order valence-electron chi connectivity index (χ4n) is 5.93. The molecular weight excluding hydrogens is 454 g/mol. The number of halogens is 2. The quantitative estimate of drug-likeness (QED) is 0.287. The lowest BCUT2D eigenvalue weighted by atomic mass is 9.76. The standard InChI is InChI=1S/C32H44F2O2/c1-3-5-7-9-23-11-15-25(16-12-23)27-21-35-32(36-22-27)29-20-19-28(30(33)31(29)34)26-17-13-24(14-18-26)10-8-6-4-2/h11-12,15-16,19-20,24,26-27,32H,3-10,13-14,17-18,21-22H2,1-2H3. The number of unbranched alkanes of at least 4 members (excludes halogenated alkanes) is 4. The van der Waals surface area contributed by atoms with Gasteiger partial charge in [0.15, 0.2) is 17.9 Å². The van der Waals surface area contributed by atoms with E-state index in [1.807, 2.05) is 0 Å². The summed E-state index contributed by atoms with van der Waals surface area (Å²) in [5.74, 6) is -0.564. The third-order valence-corrected chi connectivity index (χ3v) is 8.32. The van der Waals surface area contributed by atoms with E-state index in [0.29, 0.717) is 18.8 Å². The fraction of sp³-hybridized carbons (Fsp3) is 0.625. The van der Waals surface area contributed by atoms with Crippen LogP contribution in [0.2, 0.25) is 0 Å². The zero-order valence-corrected chi connectivity index (χ0v) is 22.2. The average Bonchev–Trinajstić information content (AvgIpc) is 2.92. The molecule has 198 valence electrons. The van der Waals surface area contributed by atoms with Crippen LogP contribution < -0.4 is 0 Å². The van der Waals surface area contributed by atoms with Gasteiger partial charge in [0, 0.05) is 11.5 Å². The monoisotopic (exact) mass is 498 g/mol. The summed E-state index contributed by atoms with van der Waals surface area (Å²) in [5, 5.41) is 0. The van der Waals surface area contributed by atoms with E-state index in [0.717, 1.165) is 38.0 Å². The van der Waals surface area contributed by atoms with E-state index in [9.17, 15) is 0 Å². The number of rotatable bonds is 11. The van der Waals surface area contributed by atoms with E-state index in [2.05, 4.69) is 38.1 Å². The predicted octanol–water partition coefficient (Wildman–Crippen LogP) is 9.38. The third kappa shape index (κ3) is 6.95. The molecule has 0 radical (unpaired) electrons. The van der Waals surface area contributed by atoms with Crippen molar-refractivity contribution >= 4 is 0 Å². The van der Waals surface area contributed by atoms with Gasteiger partial charge >= 0.3 is 0 Å². The number of benzene rings is 2. The molecule has 1 aliphatic heterocycles. The van der Waals surface area contributed by atoms with Crippen molar-refractivity contribution in [3.8, 4) is 0 Å². The first-order valence-electron chi connectivity index (χ1n) is 14.4. The SMILES string of the molecule is CCCCCc1ccc(C2COC(c3ccc(C4CCC(CCCCC)CC4)c(F)c3F)OC2)cc1. The summed E-state index contributed by atoms with van der Waals surface area (Å²) in [5.41, 5.74) is 3.22. The Labute approximate surface area is 216 Å². The first-order chi connectivity index (χ1) is 17.6. The highest BCUT2D eigenvalue weighted by Crippen LogP contribution is 2.40. The van der Waals surface area contributed by atoms with Gasteiger partial charge in [-0.2, -0.15) is 0 Å². The van der Waals surface area contributed by atoms with Gasteiger partial charge in [0.25, 0.3) is 0 Å². The van der Waals surface area contributed by atoms with Crippen LogP contribution in [0.4, 0.5) is 8.78 Å². The van der Waals surface area contributed by atoms with Crippen LogP contribution in [0.15, 0.2) is 36.4 Å². The first kappa shape index (κ1) is 27.3. The van der Waals surface area contributed by atoms with Crippen LogP contribution in [-0.2, 0) is 15.9 Å². The van der Waals surface area contributed by atoms with Crippen molar-refractivity contribution in [2.24, 2.45) is 5.92 Å². The van der Waals surface area contributed by atoms with Gasteiger partial charge in [-0.05, 0) is 67.1 Å². The Bertz CT molecular complexity index is 926. The van der Waals surface area contributed by atoms with Crippen LogP contribution in [0.1, 0.15) is 125 Å². The summed E-state index contributed by atoms with van der Waals surface area (Å²) < 4.78 is 42.1. The third-order valence-electron chi connectivity index (χ3n) is 8.32. The highest BCUT2D eigenvalue weighted by molar-refractivity contribution is 5.31. The van der Waals surface area contributed by atoms with Gasteiger partial charge in [-0.25, -0.2) is 8.78 Å². The molecule has 4 heteroatoms. The molecule has 0 aromatic heterocycles. The van der Waals surface area contributed by atoms with Gasteiger partial charge in [-0.3, -0.25) is 0 Å². The Morgan fingerprint density at radius 2 is 1.31 bits per heavy atom. The lowest BCUT2D eigenvalue weighted by molar-refractivity contribution is -0.193. The van der Waals surface area contributed by atoms with Crippen molar-refractivity contribution < 1.29 is 18.3 Å². The largest absolute Gasteiger partial charge is 0.348 e. The molecule has 0 unspecified atom stereocenters. The molecule has 1 saturated carbocycles. The molecule has 2 nitrogen and oxygen atoms in total. The molecule has 0 amide bonds. The van der Waals surface area contributed by atoms with Gasteiger partial charge in [-0.15, -0.1) is 0 Å². The minimum atomic E-state index is -0.854. The summed E-state index contributed by atoms with van der Waals surface area (Å²) in [4.78, 5) is 0. The molecule has 2 aromatic carbocycles. The Kier molecular flexibility index (Phi) is 10.4. The predicted molar refractivity (Wildman–Crippen MR) is 142 cm³/mol. The normalized spacial score (nSPS) is 24.7. The van der Waals surface area contributed by atoms with Gasteiger partial charge in [-0.1, -0.05) is 88.8 Å². The van der Waals surface area contributed by atoms with E-state index in [-0.39, 0.29) is 17.4 Å². The second-order valence-electron chi connectivity index (χ2n) is 11.0. The van der Waals surface area contributed by atoms with Gasteiger partial charge in [0.2, 0.25) is 0 Å². The molecular formula is C32H44F2O2. The number of ether oxygens (including phenoxy) is 2. The maximum absolute atomic E-state index is 15.2. The fourth-order valence-corrected chi connectivity index (χ4v) is 5.93. The molecule has 1 heterocycles. The Morgan fingerprint density at radius 1 is 0.694 bits per heavy atom. The molecule has 0 bridgehead atoms. The number of aryl methyl sites for hydroxylation is 1. The van der Waals surface area contributed by atoms with E-state index < -0.39 is 17.9 Å². The maximum Gasteiger partial charge on any atom is 0.186 e. The van der Waals surface area contributed by atoms with Crippen LogP contribution in [-0.4, -0.2) is 13.2 Å². The van der Waals surface area contributed by atoms with Crippen molar-refractivity contribution in [1.29, 1.82) is 0 Å². The molecule has 1 saturated heterocycles. The maximum atomic E-state index is 15.2.